The Bertz CT molecular complexity index is 247. The highest BCUT2D eigenvalue weighted by Crippen LogP contribution is 2.01. The minimum Gasteiger partial charge on any atom is -0.377 e. The number of thioether (sulfide) groups is 1. The third-order valence-corrected chi connectivity index (χ3v) is 3.98. The first-order chi connectivity index (χ1) is 5.52. The molecule has 0 aromatic rings. The van der Waals surface area contributed by atoms with Gasteiger partial charge in [-0.05, 0) is 0 Å². The van der Waals surface area contributed by atoms with Gasteiger partial charge >= 0.3 is 0 Å². The van der Waals surface area contributed by atoms with Crippen molar-refractivity contribution in [3.05, 3.63) is 0 Å². The summed E-state index contributed by atoms with van der Waals surface area (Å²) in [5.41, 5.74) is 5.24. The van der Waals surface area contributed by atoms with Gasteiger partial charge in [-0.2, -0.15) is 5.10 Å². The van der Waals surface area contributed by atoms with E-state index < -0.39 is 9.84 Å². The topological polar surface area (TPSA) is 98.5 Å². The van der Waals surface area contributed by atoms with Gasteiger partial charge in [0.25, 0.3) is 0 Å². The van der Waals surface area contributed by atoms with Crippen LogP contribution in [0, 0.1) is 0 Å². The molecule has 0 amide bonds. The van der Waals surface area contributed by atoms with E-state index in [0.717, 1.165) is 11.8 Å². The number of sulfone groups is 1. The summed E-state index contributed by atoms with van der Waals surface area (Å²) in [5.74, 6) is 5.53. The number of nitrogens with zero attached hydrogens (tertiary/aromatic N) is 1. The van der Waals surface area contributed by atoms with Gasteiger partial charge in [-0.1, -0.05) is 18.7 Å². The third kappa shape index (κ3) is 5.25. The van der Waals surface area contributed by atoms with Crippen LogP contribution in [0.15, 0.2) is 5.10 Å². The summed E-state index contributed by atoms with van der Waals surface area (Å²) < 4.78 is 21.9. The highest BCUT2D eigenvalue weighted by molar-refractivity contribution is 8.14. The largest absolute Gasteiger partial charge is 0.377 e. The summed E-state index contributed by atoms with van der Waals surface area (Å²) in [6.45, 7) is 1.61. The van der Waals surface area contributed by atoms with E-state index in [2.05, 4.69) is 5.10 Å². The highest BCUT2D eigenvalue weighted by atomic mass is 32.2. The van der Waals surface area contributed by atoms with Crippen LogP contribution in [0.25, 0.3) is 0 Å². The van der Waals surface area contributed by atoms with E-state index in [1.165, 1.54) is 0 Å². The van der Waals surface area contributed by atoms with Gasteiger partial charge in [0, 0.05) is 11.5 Å². The molecule has 0 bridgehead atoms. The van der Waals surface area contributed by atoms with Crippen LogP contribution in [0.5, 0.6) is 0 Å². The van der Waals surface area contributed by atoms with Crippen molar-refractivity contribution in [3.8, 4) is 0 Å². The summed E-state index contributed by atoms with van der Waals surface area (Å²) in [7, 11) is -2.90. The maximum absolute atomic E-state index is 10.9. The first kappa shape index (κ1) is 11.6. The van der Waals surface area contributed by atoms with E-state index >= 15 is 0 Å². The Morgan fingerprint density at radius 1 is 1.58 bits per heavy atom. The molecule has 0 aliphatic rings. The second-order valence-corrected chi connectivity index (χ2v) is 5.64. The lowest BCUT2D eigenvalue weighted by Gasteiger charge is -1.99. The summed E-state index contributed by atoms with van der Waals surface area (Å²) in [6.07, 6.45) is 0. The summed E-state index contributed by atoms with van der Waals surface area (Å²) in [5, 5.41) is 3.41. The zero-order valence-corrected chi connectivity index (χ0v) is 8.49. The maximum atomic E-state index is 10.9. The maximum Gasteiger partial charge on any atom is 0.177 e. The lowest BCUT2D eigenvalue weighted by molar-refractivity contribution is 0.599. The third-order valence-electron chi connectivity index (χ3n) is 1.21. The monoisotopic (exact) mass is 211 g/mol. The molecule has 72 valence electrons. The number of nitrogens with two attached hydrogens (primary N) is 2. The Kier molecular flexibility index (Phi) is 5.07. The summed E-state index contributed by atoms with van der Waals surface area (Å²) in [4.78, 5) is 0. The van der Waals surface area contributed by atoms with Crippen LogP contribution in [0.3, 0.4) is 0 Å². The molecule has 0 spiro atoms. The van der Waals surface area contributed by atoms with Gasteiger partial charge in [0.15, 0.2) is 15.0 Å². The second-order valence-electron chi connectivity index (χ2n) is 2.05. The standard InChI is InChI=1S/C5H13N3O2S2/c1-2-12(9,10)4-3-11-5(6)8-7/h2-4,7H2,1H3,(H2,6,8). The average molecular weight is 211 g/mol. The SMILES string of the molecule is CCS(=O)(=O)CCSC(N)=NN. The minimum atomic E-state index is -2.90. The van der Waals surface area contributed by atoms with Crippen molar-refractivity contribution >= 4 is 26.8 Å². The van der Waals surface area contributed by atoms with E-state index in [4.69, 9.17) is 11.6 Å². The molecule has 0 aliphatic carbocycles. The molecule has 7 heteroatoms. The fourth-order valence-electron chi connectivity index (χ4n) is 0.455. The molecule has 0 unspecified atom stereocenters. The van der Waals surface area contributed by atoms with Crippen molar-refractivity contribution in [2.24, 2.45) is 16.7 Å². The van der Waals surface area contributed by atoms with Crippen LogP contribution in [-0.4, -0.2) is 30.8 Å². The molecule has 0 saturated carbocycles. The molecule has 0 aromatic heterocycles. The Morgan fingerprint density at radius 2 is 2.17 bits per heavy atom. The predicted octanol–water partition coefficient (Wildman–Crippen LogP) is -0.657. The van der Waals surface area contributed by atoms with Crippen molar-refractivity contribution in [2.75, 3.05) is 17.3 Å². The van der Waals surface area contributed by atoms with Crippen LogP contribution in [0.1, 0.15) is 6.92 Å². The van der Waals surface area contributed by atoms with Gasteiger partial charge in [0.1, 0.15) is 0 Å². The van der Waals surface area contributed by atoms with E-state index in [-0.39, 0.29) is 16.7 Å². The molecule has 5 nitrogen and oxygen atoms in total. The van der Waals surface area contributed by atoms with Crippen molar-refractivity contribution in [1.29, 1.82) is 0 Å². The molecule has 0 fully saturated rings. The van der Waals surface area contributed by atoms with Crippen LogP contribution in [0.4, 0.5) is 0 Å². The molecule has 0 heterocycles. The molecule has 0 saturated heterocycles. The zero-order chi connectivity index (χ0) is 9.61. The average Bonchev–Trinajstić information content (AvgIpc) is 2.04. The molecule has 0 aliphatic heterocycles. The number of hydrazone groups is 1. The Morgan fingerprint density at radius 3 is 2.58 bits per heavy atom. The van der Waals surface area contributed by atoms with Gasteiger partial charge in [-0.25, -0.2) is 8.42 Å². The fraction of sp³-hybridized carbons (Fsp3) is 0.800. The fourth-order valence-corrected chi connectivity index (χ4v) is 2.38. The highest BCUT2D eigenvalue weighted by Gasteiger charge is 2.06. The molecular formula is C5H13N3O2S2. The molecule has 0 aromatic carbocycles. The van der Waals surface area contributed by atoms with Crippen LogP contribution >= 0.6 is 11.8 Å². The van der Waals surface area contributed by atoms with E-state index in [1.54, 1.807) is 6.92 Å². The van der Waals surface area contributed by atoms with E-state index in [1.807, 2.05) is 0 Å². The normalized spacial score (nSPS) is 13.2. The van der Waals surface area contributed by atoms with Crippen molar-refractivity contribution in [2.45, 2.75) is 6.92 Å². The number of hydrogen-bond donors (Lipinski definition) is 2. The van der Waals surface area contributed by atoms with Gasteiger partial charge < -0.3 is 11.6 Å². The predicted molar refractivity (Wildman–Crippen MR) is 52.6 cm³/mol. The smallest absolute Gasteiger partial charge is 0.177 e. The molecule has 0 radical (unpaired) electrons. The molecular weight excluding hydrogens is 198 g/mol. The molecule has 4 N–H and O–H groups in total. The Hall–Kier alpha value is -0.430. The van der Waals surface area contributed by atoms with Crippen molar-refractivity contribution < 1.29 is 8.42 Å². The summed E-state index contributed by atoms with van der Waals surface area (Å²) in [6, 6.07) is 0. The molecule has 0 rings (SSSR count). The van der Waals surface area contributed by atoms with Gasteiger partial charge in [-0.3, -0.25) is 0 Å². The van der Waals surface area contributed by atoms with Crippen LogP contribution in [-0.2, 0) is 9.84 Å². The van der Waals surface area contributed by atoms with Gasteiger partial charge in [-0.15, -0.1) is 0 Å². The van der Waals surface area contributed by atoms with Gasteiger partial charge in [0.2, 0.25) is 0 Å². The number of hydrogen-bond acceptors (Lipinski definition) is 5. The Balaban J connectivity index is 3.72. The van der Waals surface area contributed by atoms with E-state index in [0.29, 0.717) is 5.75 Å². The zero-order valence-electron chi connectivity index (χ0n) is 6.86. The van der Waals surface area contributed by atoms with Crippen molar-refractivity contribution in [1.82, 2.24) is 0 Å². The van der Waals surface area contributed by atoms with Crippen molar-refractivity contribution in [3.63, 3.8) is 0 Å². The second kappa shape index (κ2) is 5.26. The van der Waals surface area contributed by atoms with Crippen LogP contribution < -0.4 is 11.6 Å². The van der Waals surface area contributed by atoms with Crippen LogP contribution in [0.2, 0.25) is 0 Å². The van der Waals surface area contributed by atoms with Gasteiger partial charge in [0.05, 0.1) is 5.75 Å². The lowest BCUT2D eigenvalue weighted by atomic mass is 10.9. The molecule has 12 heavy (non-hydrogen) atoms. The minimum absolute atomic E-state index is 0.115. The quantitative estimate of drug-likeness (QED) is 0.278. The van der Waals surface area contributed by atoms with E-state index in [9.17, 15) is 8.42 Å². The first-order valence-corrected chi connectivity index (χ1v) is 6.19. The first-order valence-electron chi connectivity index (χ1n) is 3.38. The lowest BCUT2D eigenvalue weighted by Crippen LogP contribution is -2.15. The number of amidine groups is 1. The molecule has 0 atom stereocenters. The number of rotatable bonds is 4. The summed E-state index contributed by atoms with van der Waals surface area (Å²) >= 11 is 1.14. The Labute approximate surface area is 76.5 Å².